The first kappa shape index (κ1) is 13.9. The SMILES string of the molecule is Cc1ccc(C(=O)CN(C(C)C)C(C)O)cc1. The number of aliphatic hydroxyl groups is 1. The number of hydrogen-bond donors (Lipinski definition) is 1. The third kappa shape index (κ3) is 3.95. The van der Waals surface area contributed by atoms with Gasteiger partial charge in [-0.3, -0.25) is 9.69 Å². The van der Waals surface area contributed by atoms with E-state index < -0.39 is 6.23 Å². The largest absolute Gasteiger partial charge is 0.379 e. The summed E-state index contributed by atoms with van der Waals surface area (Å²) in [4.78, 5) is 13.8. The summed E-state index contributed by atoms with van der Waals surface area (Å²) >= 11 is 0. The van der Waals surface area contributed by atoms with Crippen molar-refractivity contribution in [2.75, 3.05) is 6.54 Å². The van der Waals surface area contributed by atoms with Crippen molar-refractivity contribution >= 4 is 5.78 Å². The number of benzene rings is 1. The lowest BCUT2D eigenvalue weighted by Gasteiger charge is -2.28. The number of nitrogens with zero attached hydrogens (tertiary/aromatic N) is 1. The molecule has 0 aliphatic heterocycles. The highest BCUT2D eigenvalue weighted by Crippen LogP contribution is 2.08. The molecule has 3 nitrogen and oxygen atoms in total. The van der Waals surface area contributed by atoms with Gasteiger partial charge in [-0.25, -0.2) is 0 Å². The van der Waals surface area contributed by atoms with Crippen LogP contribution in [0.3, 0.4) is 0 Å². The van der Waals surface area contributed by atoms with Crippen molar-refractivity contribution in [2.45, 2.75) is 40.0 Å². The first-order chi connectivity index (χ1) is 7.91. The topological polar surface area (TPSA) is 40.5 Å². The predicted molar refractivity (Wildman–Crippen MR) is 69.0 cm³/mol. The predicted octanol–water partition coefficient (Wildman–Crippen LogP) is 2.23. The number of carbonyl (C=O) groups excluding carboxylic acids is 1. The maximum absolute atomic E-state index is 12.0. The molecule has 0 amide bonds. The van der Waals surface area contributed by atoms with Crippen molar-refractivity contribution in [3.8, 4) is 0 Å². The van der Waals surface area contributed by atoms with E-state index in [2.05, 4.69) is 0 Å². The zero-order chi connectivity index (χ0) is 13.0. The van der Waals surface area contributed by atoms with Crippen molar-refractivity contribution in [3.63, 3.8) is 0 Å². The molecule has 0 spiro atoms. The van der Waals surface area contributed by atoms with E-state index in [1.54, 1.807) is 11.8 Å². The van der Waals surface area contributed by atoms with Gasteiger partial charge in [-0.05, 0) is 27.7 Å². The molecule has 0 aromatic heterocycles. The van der Waals surface area contributed by atoms with E-state index in [0.717, 1.165) is 5.56 Å². The smallest absolute Gasteiger partial charge is 0.176 e. The Kier molecular flexibility index (Phi) is 4.85. The highest BCUT2D eigenvalue weighted by molar-refractivity contribution is 5.97. The average molecular weight is 235 g/mol. The number of aliphatic hydroxyl groups excluding tert-OH is 1. The molecule has 0 aliphatic carbocycles. The number of aryl methyl sites for hydroxylation is 1. The van der Waals surface area contributed by atoms with Gasteiger partial charge in [0.05, 0.1) is 6.54 Å². The second-order valence-electron chi connectivity index (χ2n) is 4.69. The maximum Gasteiger partial charge on any atom is 0.176 e. The lowest BCUT2D eigenvalue weighted by Crippen LogP contribution is -2.42. The number of ketones is 1. The van der Waals surface area contributed by atoms with Crippen LogP contribution < -0.4 is 0 Å². The van der Waals surface area contributed by atoms with Gasteiger partial charge in [-0.15, -0.1) is 0 Å². The fourth-order valence-electron chi connectivity index (χ4n) is 1.74. The molecule has 3 heteroatoms. The molecule has 17 heavy (non-hydrogen) atoms. The quantitative estimate of drug-likeness (QED) is 0.628. The van der Waals surface area contributed by atoms with Crippen LogP contribution in [0.1, 0.15) is 36.7 Å². The Morgan fingerprint density at radius 3 is 2.18 bits per heavy atom. The third-order valence-electron chi connectivity index (χ3n) is 2.84. The van der Waals surface area contributed by atoms with Crippen LogP contribution in [0.4, 0.5) is 0 Å². The van der Waals surface area contributed by atoms with Crippen molar-refractivity contribution in [2.24, 2.45) is 0 Å². The zero-order valence-corrected chi connectivity index (χ0v) is 11.0. The number of hydrogen-bond acceptors (Lipinski definition) is 3. The van der Waals surface area contributed by atoms with Gasteiger partial charge in [-0.2, -0.15) is 0 Å². The Balaban J connectivity index is 2.74. The van der Waals surface area contributed by atoms with Crippen LogP contribution >= 0.6 is 0 Å². The zero-order valence-electron chi connectivity index (χ0n) is 11.0. The first-order valence-electron chi connectivity index (χ1n) is 5.95. The average Bonchev–Trinajstić information content (AvgIpc) is 2.25. The van der Waals surface area contributed by atoms with E-state index in [0.29, 0.717) is 5.56 Å². The minimum absolute atomic E-state index is 0.0413. The van der Waals surface area contributed by atoms with Crippen molar-refractivity contribution < 1.29 is 9.90 Å². The van der Waals surface area contributed by atoms with Gasteiger partial charge < -0.3 is 5.11 Å². The van der Waals surface area contributed by atoms with Crippen LogP contribution in [-0.4, -0.2) is 34.6 Å². The summed E-state index contributed by atoms with van der Waals surface area (Å²) in [5, 5.41) is 9.60. The number of rotatable bonds is 5. The summed E-state index contributed by atoms with van der Waals surface area (Å²) < 4.78 is 0. The molecule has 0 bridgehead atoms. The molecule has 1 atom stereocenters. The normalized spacial score (nSPS) is 13.1. The van der Waals surface area contributed by atoms with Gasteiger partial charge in [0.25, 0.3) is 0 Å². The van der Waals surface area contributed by atoms with E-state index in [4.69, 9.17) is 0 Å². The molecule has 0 saturated carbocycles. The molecular weight excluding hydrogens is 214 g/mol. The molecule has 1 N–H and O–H groups in total. The second kappa shape index (κ2) is 5.94. The standard InChI is InChI=1S/C14H21NO2/c1-10(2)15(12(4)16)9-14(17)13-7-5-11(3)6-8-13/h5-8,10,12,16H,9H2,1-4H3. The fraction of sp³-hybridized carbons (Fsp3) is 0.500. The van der Waals surface area contributed by atoms with E-state index in [9.17, 15) is 9.90 Å². The van der Waals surface area contributed by atoms with Gasteiger partial charge in [0, 0.05) is 11.6 Å². The minimum atomic E-state index is -0.607. The Labute approximate surface area is 103 Å². The summed E-state index contributed by atoms with van der Waals surface area (Å²) in [6.07, 6.45) is -0.607. The highest BCUT2D eigenvalue weighted by Gasteiger charge is 2.18. The van der Waals surface area contributed by atoms with Crippen LogP contribution in [0.25, 0.3) is 0 Å². The Bertz CT molecular complexity index is 360. The maximum atomic E-state index is 12.0. The lowest BCUT2D eigenvalue weighted by molar-refractivity contribution is 0.000698. The van der Waals surface area contributed by atoms with Crippen molar-refractivity contribution in [1.82, 2.24) is 4.90 Å². The van der Waals surface area contributed by atoms with Gasteiger partial charge >= 0.3 is 0 Å². The molecule has 0 radical (unpaired) electrons. The molecular formula is C14H21NO2. The van der Waals surface area contributed by atoms with Crippen LogP contribution in [0.5, 0.6) is 0 Å². The molecule has 1 rings (SSSR count). The van der Waals surface area contributed by atoms with E-state index in [1.165, 1.54) is 0 Å². The van der Waals surface area contributed by atoms with Gasteiger partial charge in [0.1, 0.15) is 6.23 Å². The van der Waals surface area contributed by atoms with E-state index in [1.807, 2.05) is 45.0 Å². The molecule has 94 valence electrons. The Morgan fingerprint density at radius 2 is 1.76 bits per heavy atom. The summed E-state index contributed by atoms with van der Waals surface area (Å²) in [7, 11) is 0. The molecule has 0 fully saturated rings. The van der Waals surface area contributed by atoms with Gasteiger partial charge in [0.2, 0.25) is 0 Å². The number of carbonyl (C=O) groups is 1. The molecule has 1 aromatic carbocycles. The third-order valence-corrected chi connectivity index (χ3v) is 2.84. The minimum Gasteiger partial charge on any atom is -0.379 e. The van der Waals surface area contributed by atoms with E-state index >= 15 is 0 Å². The van der Waals surface area contributed by atoms with Crippen molar-refractivity contribution in [3.05, 3.63) is 35.4 Å². The monoisotopic (exact) mass is 235 g/mol. The lowest BCUT2D eigenvalue weighted by atomic mass is 10.1. The summed E-state index contributed by atoms with van der Waals surface area (Å²) in [5.41, 5.74) is 1.83. The molecule has 0 aliphatic rings. The number of Topliss-reactive ketones (excluding diaryl/α,β-unsaturated/α-hetero) is 1. The van der Waals surface area contributed by atoms with E-state index in [-0.39, 0.29) is 18.4 Å². The fourth-order valence-corrected chi connectivity index (χ4v) is 1.74. The molecule has 0 heterocycles. The summed E-state index contributed by atoms with van der Waals surface area (Å²) in [6, 6.07) is 7.66. The van der Waals surface area contributed by atoms with Gasteiger partial charge in [-0.1, -0.05) is 29.8 Å². The molecule has 1 unspecified atom stereocenters. The summed E-state index contributed by atoms with van der Waals surface area (Å²) in [5.74, 6) is 0.0413. The highest BCUT2D eigenvalue weighted by atomic mass is 16.3. The Hall–Kier alpha value is -1.19. The first-order valence-corrected chi connectivity index (χ1v) is 5.95. The summed E-state index contributed by atoms with van der Waals surface area (Å²) in [6.45, 7) is 7.86. The van der Waals surface area contributed by atoms with Crippen LogP contribution in [0.2, 0.25) is 0 Å². The molecule has 1 aromatic rings. The van der Waals surface area contributed by atoms with Crippen LogP contribution in [0.15, 0.2) is 24.3 Å². The Morgan fingerprint density at radius 1 is 1.24 bits per heavy atom. The van der Waals surface area contributed by atoms with Crippen molar-refractivity contribution in [1.29, 1.82) is 0 Å². The van der Waals surface area contributed by atoms with Crippen LogP contribution in [0, 0.1) is 6.92 Å². The van der Waals surface area contributed by atoms with Gasteiger partial charge in [0.15, 0.2) is 5.78 Å². The molecule has 0 saturated heterocycles. The van der Waals surface area contributed by atoms with Crippen LogP contribution in [-0.2, 0) is 0 Å². The second-order valence-corrected chi connectivity index (χ2v) is 4.69.